The molecule has 4 rings (SSSR count). The van der Waals surface area contributed by atoms with Gasteiger partial charge in [0, 0.05) is 16.0 Å². The molecule has 0 spiro atoms. The van der Waals surface area contributed by atoms with Gasteiger partial charge < -0.3 is 15.4 Å². The standard InChI is InChI=1S/C20H22FN3O2S2/c1-19(2)9-10-13(17(25)26-5)16(28-15(10)20(3,4)24-19)23-18-22-14-11(21)7-6-8-12(14)27-18/h6-8,24H,9H2,1-5H3,(H,22,23). The van der Waals surface area contributed by atoms with Crippen LogP contribution in [0.25, 0.3) is 10.2 Å². The molecule has 0 bridgehead atoms. The Kier molecular flexibility index (Phi) is 4.48. The highest BCUT2D eigenvalue weighted by atomic mass is 32.1. The van der Waals surface area contributed by atoms with Gasteiger partial charge in [-0.25, -0.2) is 14.2 Å². The summed E-state index contributed by atoms with van der Waals surface area (Å²) in [5.74, 6) is -0.728. The Morgan fingerprint density at radius 3 is 2.71 bits per heavy atom. The Labute approximate surface area is 170 Å². The smallest absolute Gasteiger partial charge is 0.341 e. The number of nitrogens with zero attached hydrogens (tertiary/aromatic N) is 1. The van der Waals surface area contributed by atoms with Crippen molar-refractivity contribution in [1.82, 2.24) is 10.3 Å². The lowest BCUT2D eigenvalue weighted by Gasteiger charge is -2.42. The molecule has 0 unspecified atom stereocenters. The first-order valence-corrected chi connectivity index (χ1v) is 10.6. The first kappa shape index (κ1) is 19.3. The molecular formula is C20H22FN3O2S2. The number of nitrogens with one attached hydrogen (secondary N) is 2. The number of para-hydroxylation sites is 1. The second-order valence-electron chi connectivity index (χ2n) is 8.15. The fraction of sp³-hybridized carbons (Fsp3) is 0.400. The quantitative estimate of drug-likeness (QED) is 0.572. The van der Waals surface area contributed by atoms with E-state index in [9.17, 15) is 9.18 Å². The molecule has 0 amide bonds. The minimum atomic E-state index is -0.374. The van der Waals surface area contributed by atoms with Crippen molar-refractivity contribution in [3.63, 3.8) is 0 Å². The number of carbonyl (C=O) groups excluding carboxylic acids is 1. The maximum Gasteiger partial charge on any atom is 0.341 e. The average Bonchev–Trinajstić information content (AvgIpc) is 3.15. The van der Waals surface area contributed by atoms with E-state index >= 15 is 0 Å². The number of ether oxygens (including phenoxy) is 1. The number of hydrogen-bond donors (Lipinski definition) is 2. The summed E-state index contributed by atoms with van der Waals surface area (Å²) in [6.45, 7) is 8.47. The Bertz CT molecular complexity index is 1080. The molecule has 0 atom stereocenters. The normalized spacial score (nSPS) is 17.4. The summed E-state index contributed by atoms with van der Waals surface area (Å²) in [6.07, 6.45) is 0.711. The van der Waals surface area contributed by atoms with Crippen molar-refractivity contribution >= 4 is 49.0 Å². The lowest BCUT2D eigenvalue weighted by atomic mass is 9.81. The molecule has 5 nitrogen and oxygen atoms in total. The molecule has 0 saturated carbocycles. The zero-order chi connectivity index (χ0) is 20.3. The number of halogens is 1. The Balaban J connectivity index is 1.84. The van der Waals surface area contributed by atoms with Crippen molar-refractivity contribution in [2.24, 2.45) is 0 Å². The van der Waals surface area contributed by atoms with Crippen LogP contribution in [0.15, 0.2) is 18.2 Å². The number of anilines is 2. The predicted octanol–water partition coefficient (Wildman–Crippen LogP) is 5.19. The van der Waals surface area contributed by atoms with E-state index < -0.39 is 0 Å². The summed E-state index contributed by atoms with van der Waals surface area (Å²) in [6, 6.07) is 4.89. The highest BCUT2D eigenvalue weighted by Gasteiger charge is 2.42. The van der Waals surface area contributed by atoms with Gasteiger partial charge in [0.05, 0.1) is 17.4 Å². The van der Waals surface area contributed by atoms with E-state index in [4.69, 9.17) is 4.74 Å². The minimum Gasteiger partial charge on any atom is -0.465 e. The number of carbonyl (C=O) groups is 1. The number of aromatic nitrogens is 1. The van der Waals surface area contributed by atoms with Gasteiger partial charge in [0.2, 0.25) is 0 Å². The maximum atomic E-state index is 14.0. The first-order valence-electron chi connectivity index (χ1n) is 8.97. The molecule has 1 aliphatic heterocycles. The van der Waals surface area contributed by atoms with Crippen molar-refractivity contribution in [1.29, 1.82) is 0 Å². The van der Waals surface area contributed by atoms with Crippen LogP contribution in [0.1, 0.15) is 48.5 Å². The lowest BCUT2D eigenvalue weighted by molar-refractivity contribution is 0.0600. The van der Waals surface area contributed by atoms with Gasteiger partial charge in [0.25, 0.3) is 0 Å². The molecule has 0 saturated heterocycles. The Morgan fingerprint density at radius 1 is 1.29 bits per heavy atom. The summed E-state index contributed by atoms with van der Waals surface area (Å²) in [7, 11) is 1.39. The van der Waals surface area contributed by atoms with Gasteiger partial charge in [0.1, 0.15) is 16.3 Å². The molecule has 3 heterocycles. The summed E-state index contributed by atoms with van der Waals surface area (Å²) in [4.78, 5) is 18.1. The molecule has 1 aromatic carbocycles. The molecule has 2 aromatic heterocycles. The highest BCUT2D eigenvalue weighted by molar-refractivity contribution is 7.23. The fourth-order valence-corrected chi connectivity index (χ4v) is 6.21. The van der Waals surface area contributed by atoms with E-state index in [2.05, 4.69) is 43.3 Å². The number of benzene rings is 1. The number of esters is 1. The van der Waals surface area contributed by atoms with Gasteiger partial charge in [0.15, 0.2) is 5.13 Å². The third kappa shape index (κ3) is 3.19. The van der Waals surface area contributed by atoms with E-state index in [-0.39, 0.29) is 22.9 Å². The molecule has 0 radical (unpaired) electrons. The van der Waals surface area contributed by atoms with Crippen molar-refractivity contribution in [3.05, 3.63) is 40.0 Å². The van der Waals surface area contributed by atoms with Crippen molar-refractivity contribution in [3.8, 4) is 0 Å². The van der Waals surface area contributed by atoms with Crippen LogP contribution in [0.4, 0.5) is 14.5 Å². The monoisotopic (exact) mass is 419 g/mol. The number of thiazole rings is 1. The molecule has 8 heteroatoms. The molecular weight excluding hydrogens is 397 g/mol. The number of thiophene rings is 1. The zero-order valence-corrected chi connectivity index (χ0v) is 18.0. The predicted molar refractivity (Wildman–Crippen MR) is 112 cm³/mol. The molecule has 2 N–H and O–H groups in total. The van der Waals surface area contributed by atoms with Gasteiger partial charge in [-0.2, -0.15) is 0 Å². The molecule has 3 aromatic rings. The van der Waals surface area contributed by atoms with Gasteiger partial charge in [-0.3, -0.25) is 0 Å². The number of fused-ring (bicyclic) bond motifs is 2. The van der Waals surface area contributed by atoms with E-state index in [1.807, 2.05) is 6.07 Å². The van der Waals surface area contributed by atoms with Crippen molar-refractivity contribution in [2.75, 3.05) is 12.4 Å². The largest absolute Gasteiger partial charge is 0.465 e. The van der Waals surface area contributed by atoms with Crippen LogP contribution in [0.2, 0.25) is 0 Å². The average molecular weight is 420 g/mol. The van der Waals surface area contributed by atoms with Crippen molar-refractivity contribution in [2.45, 2.75) is 45.2 Å². The van der Waals surface area contributed by atoms with Gasteiger partial charge in [-0.1, -0.05) is 17.4 Å². The van der Waals surface area contributed by atoms with Gasteiger partial charge in [-0.05, 0) is 51.8 Å². The second kappa shape index (κ2) is 6.50. The van der Waals surface area contributed by atoms with Gasteiger partial charge >= 0.3 is 5.97 Å². The van der Waals surface area contributed by atoms with Crippen LogP contribution >= 0.6 is 22.7 Å². The molecule has 1 aliphatic rings. The topological polar surface area (TPSA) is 63.2 Å². The van der Waals surface area contributed by atoms with Crippen LogP contribution < -0.4 is 10.6 Å². The van der Waals surface area contributed by atoms with E-state index in [0.717, 1.165) is 15.1 Å². The Morgan fingerprint density at radius 2 is 2.04 bits per heavy atom. The Hall–Kier alpha value is -2.03. The summed E-state index contributed by atoms with van der Waals surface area (Å²) < 4.78 is 19.8. The number of hydrogen-bond acceptors (Lipinski definition) is 7. The summed E-state index contributed by atoms with van der Waals surface area (Å²) >= 11 is 2.88. The third-order valence-electron chi connectivity index (χ3n) is 4.82. The van der Waals surface area contributed by atoms with Crippen LogP contribution in [0, 0.1) is 5.82 Å². The second-order valence-corrected chi connectivity index (χ2v) is 10.2. The molecule has 0 fully saturated rings. The van der Waals surface area contributed by atoms with E-state index in [1.54, 1.807) is 6.07 Å². The van der Waals surface area contributed by atoms with E-state index in [0.29, 0.717) is 27.6 Å². The summed E-state index contributed by atoms with van der Waals surface area (Å²) in [5.41, 5.74) is 1.44. The molecule has 28 heavy (non-hydrogen) atoms. The maximum absolute atomic E-state index is 14.0. The SMILES string of the molecule is COC(=O)c1c(Nc2nc3c(F)cccc3s2)sc2c1CC(C)(C)NC2(C)C. The van der Waals surface area contributed by atoms with Crippen LogP contribution in [-0.2, 0) is 16.7 Å². The van der Waals surface area contributed by atoms with Crippen LogP contribution in [0.3, 0.4) is 0 Å². The minimum absolute atomic E-state index is 0.156. The number of rotatable bonds is 3. The fourth-order valence-electron chi connectivity index (χ4n) is 4.00. The molecule has 0 aliphatic carbocycles. The number of methoxy groups -OCH3 is 1. The summed E-state index contributed by atoms with van der Waals surface area (Å²) in [5, 5.41) is 8.14. The third-order valence-corrected chi connectivity index (χ3v) is 7.23. The van der Waals surface area contributed by atoms with Crippen LogP contribution in [-0.4, -0.2) is 23.6 Å². The zero-order valence-electron chi connectivity index (χ0n) is 16.4. The van der Waals surface area contributed by atoms with E-state index in [1.165, 1.54) is 35.8 Å². The highest BCUT2D eigenvalue weighted by Crippen LogP contribution is 2.46. The molecule has 148 valence electrons. The van der Waals surface area contributed by atoms with Crippen molar-refractivity contribution < 1.29 is 13.9 Å². The lowest BCUT2D eigenvalue weighted by Crippen LogP contribution is -2.55. The van der Waals surface area contributed by atoms with Crippen LogP contribution in [0.5, 0.6) is 0 Å². The first-order chi connectivity index (χ1) is 13.1. The van der Waals surface area contributed by atoms with Gasteiger partial charge in [-0.15, -0.1) is 11.3 Å².